The van der Waals surface area contributed by atoms with E-state index in [-0.39, 0.29) is 11.6 Å². The molecular weight excluding hydrogens is 310 g/mol. The molecule has 0 radical (unpaired) electrons. The molecule has 2 rings (SSSR count). The molecule has 128 valence electrons. The SMILES string of the molecule is CC(C)COc1cn(-c2ccccc2)nc1C(=O)N[C@@H](C)C(=O)O. The number of para-hydroxylation sites is 1. The van der Waals surface area contributed by atoms with E-state index in [9.17, 15) is 9.59 Å². The molecule has 2 aromatic rings. The molecule has 0 aliphatic carbocycles. The Morgan fingerprint density at radius 1 is 1.25 bits per heavy atom. The average Bonchev–Trinajstić information content (AvgIpc) is 2.98. The van der Waals surface area contributed by atoms with Gasteiger partial charge in [-0.05, 0) is 25.0 Å². The van der Waals surface area contributed by atoms with E-state index in [0.29, 0.717) is 12.4 Å². The second kappa shape index (κ2) is 7.63. The first-order chi connectivity index (χ1) is 11.4. The molecule has 7 heteroatoms. The smallest absolute Gasteiger partial charge is 0.325 e. The highest BCUT2D eigenvalue weighted by Crippen LogP contribution is 2.20. The van der Waals surface area contributed by atoms with Crippen LogP contribution < -0.4 is 10.1 Å². The Balaban J connectivity index is 2.31. The van der Waals surface area contributed by atoms with Crippen LogP contribution in [0.2, 0.25) is 0 Å². The summed E-state index contributed by atoms with van der Waals surface area (Å²) in [6, 6.07) is 8.28. The van der Waals surface area contributed by atoms with Crippen LogP contribution in [0.15, 0.2) is 36.5 Å². The molecule has 1 amide bonds. The summed E-state index contributed by atoms with van der Waals surface area (Å²) < 4.78 is 7.21. The molecule has 0 saturated heterocycles. The van der Waals surface area contributed by atoms with E-state index in [1.807, 2.05) is 44.2 Å². The number of aliphatic carboxylic acids is 1. The lowest BCUT2D eigenvalue weighted by Crippen LogP contribution is -2.38. The molecule has 1 aromatic carbocycles. The van der Waals surface area contributed by atoms with E-state index in [2.05, 4.69) is 10.4 Å². The standard InChI is InChI=1S/C17H21N3O4/c1-11(2)10-24-14-9-20(13-7-5-4-6-8-13)19-15(14)16(21)18-12(3)17(22)23/h4-9,11-12H,10H2,1-3H3,(H,18,21)(H,22,23)/t12-/m0/s1. The Hall–Kier alpha value is -2.83. The third kappa shape index (κ3) is 4.34. The monoisotopic (exact) mass is 331 g/mol. The molecule has 0 bridgehead atoms. The fourth-order valence-corrected chi connectivity index (χ4v) is 1.92. The number of nitrogens with zero attached hydrogens (tertiary/aromatic N) is 2. The minimum absolute atomic E-state index is 0.0626. The van der Waals surface area contributed by atoms with Gasteiger partial charge in [0.15, 0.2) is 11.4 Å². The Kier molecular flexibility index (Phi) is 5.57. The Labute approximate surface area is 140 Å². The Morgan fingerprint density at radius 3 is 2.50 bits per heavy atom. The van der Waals surface area contributed by atoms with Gasteiger partial charge < -0.3 is 15.2 Å². The molecule has 1 aromatic heterocycles. The van der Waals surface area contributed by atoms with Crippen LogP contribution in [0.4, 0.5) is 0 Å². The van der Waals surface area contributed by atoms with Gasteiger partial charge in [-0.1, -0.05) is 32.0 Å². The number of benzene rings is 1. The molecule has 0 fully saturated rings. The fraction of sp³-hybridized carbons (Fsp3) is 0.353. The van der Waals surface area contributed by atoms with Crippen molar-refractivity contribution in [3.05, 3.63) is 42.2 Å². The van der Waals surface area contributed by atoms with Crippen LogP contribution in [0.25, 0.3) is 5.69 Å². The number of carbonyl (C=O) groups is 2. The summed E-state index contributed by atoms with van der Waals surface area (Å²) in [5.41, 5.74) is 0.838. The van der Waals surface area contributed by atoms with Crippen LogP contribution in [-0.4, -0.2) is 39.4 Å². The number of carboxylic acid groups (broad SMARTS) is 1. The summed E-state index contributed by atoms with van der Waals surface area (Å²) in [4.78, 5) is 23.3. The van der Waals surface area contributed by atoms with Crippen molar-refractivity contribution in [3.63, 3.8) is 0 Å². The number of hydrogen-bond acceptors (Lipinski definition) is 4. The summed E-state index contributed by atoms with van der Waals surface area (Å²) in [5, 5.41) is 15.6. The molecule has 0 aliphatic rings. The maximum absolute atomic E-state index is 12.3. The zero-order valence-corrected chi connectivity index (χ0v) is 13.9. The van der Waals surface area contributed by atoms with Gasteiger partial charge in [0.2, 0.25) is 0 Å². The molecule has 0 unspecified atom stereocenters. The fourth-order valence-electron chi connectivity index (χ4n) is 1.92. The van der Waals surface area contributed by atoms with Crippen molar-refractivity contribution in [3.8, 4) is 11.4 Å². The normalized spacial score (nSPS) is 12.0. The van der Waals surface area contributed by atoms with Crippen molar-refractivity contribution in [2.24, 2.45) is 5.92 Å². The highest BCUT2D eigenvalue weighted by Gasteiger charge is 2.22. The van der Waals surface area contributed by atoms with E-state index in [4.69, 9.17) is 9.84 Å². The third-order valence-electron chi connectivity index (χ3n) is 3.21. The van der Waals surface area contributed by atoms with Crippen molar-refractivity contribution in [1.29, 1.82) is 0 Å². The first kappa shape index (κ1) is 17.5. The van der Waals surface area contributed by atoms with E-state index in [1.54, 1.807) is 6.20 Å². The predicted molar refractivity (Wildman–Crippen MR) is 88.5 cm³/mol. The van der Waals surface area contributed by atoms with Crippen molar-refractivity contribution in [1.82, 2.24) is 15.1 Å². The number of nitrogens with one attached hydrogen (secondary N) is 1. The predicted octanol–water partition coefficient (Wildman–Crippen LogP) is 2.11. The van der Waals surface area contributed by atoms with Gasteiger partial charge in [0, 0.05) is 0 Å². The Bertz CT molecular complexity index is 710. The lowest BCUT2D eigenvalue weighted by atomic mass is 10.2. The first-order valence-corrected chi connectivity index (χ1v) is 7.70. The second-order valence-electron chi connectivity index (χ2n) is 5.86. The maximum Gasteiger partial charge on any atom is 0.325 e. The maximum atomic E-state index is 12.3. The molecule has 1 heterocycles. The number of carbonyl (C=O) groups excluding carboxylic acids is 1. The summed E-state index contributed by atoms with van der Waals surface area (Å²) in [6.45, 7) is 5.81. The summed E-state index contributed by atoms with van der Waals surface area (Å²) in [5.74, 6) is -1.10. The average molecular weight is 331 g/mol. The minimum Gasteiger partial charge on any atom is -0.489 e. The lowest BCUT2D eigenvalue weighted by Gasteiger charge is -2.10. The Morgan fingerprint density at radius 2 is 1.92 bits per heavy atom. The van der Waals surface area contributed by atoms with E-state index in [0.717, 1.165) is 5.69 Å². The largest absolute Gasteiger partial charge is 0.489 e. The molecule has 1 atom stereocenters. The van der Waals surface area contributed by atoms with E-state index in [1.165, 1.54) is 11.6 Å². The highest BCUT2D eigenvalue weighted by atomic mass is 16.5. The molecule has 0 spiro atoms. The van der Waals surface area contributed by atoms with E-state index >= 15 is 0 Å². The quantitative estimate of drug-likeness (QED) is 0.810. The number of amides is 1. The van der Waals surface area contributed by atoms with Crippen LogP contribution in [-0.2, 0) is 4.79 Å². The number of ether oxygens (including phenoxy) is 1. The summed E-state index contributed by atoms with van der Waals surface area (Å²) in [7, 11) is 0. The number of carboxylic acids is 1. The van der Waals surface area contributed by atoms with Crippen molar-refractivity contribution in [2.45, 2.75) is 26.8 Å². The molecule has 24 heavy (non-hydrogen) atoms. The summed E-state index contributed by atoms with van der Waals surface area (Å²) >= 11 is 0. The highest BCUT2D eigenvalue weighted by molar-refractivity contribution is 5.97. The van der Waals surface area contributed by atoms with Crippen LogP contribution in [0, 0.1) is 5.92 Å². The zero-order chi connectivity index (χ0) is 17.7. The van der Waals surface area contributed by atoms with Gasteiger partial charge in [0.1, 0.15) is 6.04 Å². The summed E-state index contributed by atoms with van der Waals surface area (Å²) in [6.07, 6.45) is 1.62. The minimum atomic E-state index is -1.12. The van der Waals surface area contributed by atoms with Crippen LogP contribution in [0.1, 0.15) is 31.3 Å². The molecule has 0 aliphatic heterocycles. The molecule has 2 N–H and O–H groups in total. The third-order valence-corrected chi connectivity index (χ3v) is 3.21. The van der Waals surface area contributed by atoms with Gasteiger partial charge in [-0.2, -0.15) is 5.10 Å². The molecule has 7 nitrogen and oxygen atoms in total. The number of rotatable bonds is 7. The zero-order valence-electron chi connectivity index (χ0n) is 13.9. The first-order valence-electron chi connectivity index (χ1n) is 7.70. The van der Waals surface area contributed by atoms with Crippen LogP contribution in [0.5, 0.6) is 5.75 Å². The van der Waals surface area contributed by atoms with Gasteiger partial charge in [-0.3, -0.25) is 9.59 Å². The number of hydrogen-bond donors (Lipinski definition) is 2. The van der Waals surface area contributed by atoms with Gasteiger partial charge in [-0.15, -0.1) is 0 Å². The van der Waals surface area contributed by atoms with E-state index < -0.39 is 17.9 Å². The van der Waals surface area contributed by atoms with Crippen LogP contribution in [0.3, 0.4) is 0 Å². The van der Waals surface area contributed by atoms with Crippen molar-refractivity contribution < 1.29 is 19.4 Å². The van der Waals surface area contributed by atoms with Crippen molar-refractivity contribution in [2.75, 3.05) is 6.61 Å². The lowest BCUT2D eigenvalue weighted by molar-refractivity contribution is -0.138. The molecule has 0 saturated carbocycles. The van der Waals surface area contributed by atoms with Gasteiger partial charge in [0.05, 0.1) is 18.5 Å². The van der Waals surface area contributed by atoms with Crippen LogP contribution >= 0.6 is 0 Å². The second-order valence-corrected chi connectivity index (χ2v) is 5.86. The topological polar surface area (TPSA) is 93.5 Å². The molecular formula is C17H21N3O4. The van der Waals surface area contributed by atoms with Gasteiger partial charge in [-0.25, -0.2) is 4.68 Å². The number of aromatic nitrogens is 2. The van der Waals surface area contributed by atoms with Gasteiger partial charge in [0.25, 0.3) is 5.91 Å². The van der Waals surface area contributed by atoms with Crippen molar-refractivity contribution >= 4 is 11.9 Å². The van der Waals surface area contributed by atoms with Gasteiger partial charge >= 0.3 is 5.97 Å².